The number of halogens is 1. The average Bonchev–Trinajstić information content (AvgIpc) is 2.87. The molecule has 0 N–H and O–H groups in total. The van der Waals surface area contributed by atoms with Crippen molar-refractivity contribution in [3.05, 3.63) is 53.7 Å². The zero-order valence-corrected chi connectivity index (χ0v) is 22.8. The van der Waals surface area contributed by atoms with Crippen molar-refractivity contribution < 1.29 is 22.3 Å². The number of anilines is 1. The number of benzene rings is 1. The summed E-state index contributed by atoms with van der Waals surface area (Å²) in [5, 5.41) is 0. The standard InChI is InChI=1S/C27H34FN5O4S/c1-4-5-18-9-29-26(30-10-18)33-13-20-15-36-16-21(14-33)24(20)17-37-27-31-11-19(12-32(27)2)23-7-6-22(8-25(23)28)38(3,34)35/h6-12,20-21,24,27H,4-5,13-17H2,1-3H3. The van der Waals surface area contributed by atoms with Gasteiger partial charge in [-0.2, -0.15) is 0 Å². The first-order valence-corrected chi connectivity index (χ1v) is 14.8. The summed E-state index contributed by atoms with van der Waals surface area (Å²) < 4.78 is 50.2. The van der Waals surface area contributed by atoms with Crippen molar-refractivity contribution in [2.24, 2.45) is 22.7 Å². The van der Waals surface area contributed by atoms with E-state index in [-0.39, 0.29) is 10.5 Å². The van der Waals surface area contributed by atoms with Crippen LogP contribution in [0, 0.1) is 23.6 Å². The number of hydrogen-bond donors (Lipinski definition) is 0. The fourth-order valence-electron chi connectivity index (χ4n) is 5.41. The SMILES string of the molecule is CCCc1cnc(N2CC3COCC(C2)C3COC2N=CC(c3ccc(S(C)(=O)=O)cc3F)=CN2C)nc1. The van der Waals surface area contributed by atoms with Crippen LogP contribution in [0.25, 0.3) is 5.57 Å². The zero-order chi connectivity index (χ0) is 26.9. The number of allylic oxidation sites excluding steroid dienone is 1. The summed E-state index contributed by atoms with van der Waals surface area (Å²) in [6, 6.07) is 3.91. The van der Waals surface area contributed by atoms with Gasteiger partial charge in [0.15, 0.2) is 9.84 Å². The smallest absolute Gasteiger partial charge is 0.227 e. The lowest BCUT2D eigenvalue weighted by Gasteiger charge is -2.47. The number of fused-ring (bicyclic) bond motifs is 2. The topological polar surface area (TPSA) is 97.2 Å². The Hall–Kier alpha value is -2.89. The Bertz CT molecular complexity index is 1300. The molecule has 2 aromatic rings. The van der Waals surface area contributed by atoms with Gasteiger partial charge >= 0.3 is 0 Å². The lowest BCUT2D eigenvalue weighted by Crippen LogP contribution is -2.54. The first-order valence-electron chi connectivity index (χ1n) is 12.9. The number of aryl methyl sites for hydroxylation is 1. The molecule has 5 rings (SSSR count). The average molecular weight is 544 g/mol. The van der Waals surface area contributed by atoms with Crippen LogP contribution < -0.4 is 4.90 Å². The maximum Gasteiger partial charge on any atom is 0.227 e. The van der Waals surface area contributed by atoms with Gasteiger partial charge in [0.1, 0.15) is 5.82 Å². The zero-order valence-electron chi connectivity index (χ0n) is 22.0. The number of aliphatic imine (C=N–C) groups is 1. The number of hydrogen-bond acceptors (Lipinski definition) is 9. The summed E-state index contributed by atoms with van der Waals surface area (Å²) in [4.78, 5) is 17.7. The summed E-state index contributed by atoms with van der Waals surface area (Å²) in [6.45, 7) is 5.66. The molecule has 11 heteroatoms. The van der Waals surface area contributed by atoms with E-state index in [0.717, 1.165) is 49.8 Å². The van der Waals surface area contributed by atoms with Gasteiger partial charge in [0.2, 0.25) is 12.3 Å². The summed E-state index contributed by atoms with van der Waals surface area (Å²) in [5.41, 5.74) is 2.00. The Kier molecular flexibility index (Phi) is 7.78. The van der Waals surface area contributed by atoms with E-state index in [0.29, 0.717) is 43.1 Å². The molecule has 3 atom stereocenters. The molecule has 9 nitrogen and oxygen atoms in total. The predicted molar refractivity (Wildman–Crippen MR) is 143 cm³/mol. The second kappa shape index (κ2) is 11.1. The molecule has 3 aliphatic heterocycles. The molecule has 3 aliphatic rings. The van der Waals surface area contributed by atoms with E-state index in [1.165, 1.54) is 12.1 Å². The molecule has 3 unspecified atom stereocenters. The third kappa shape index (κ3) is 5.74. The molecule has 0 aliphatic carbocycles. The van der Waals surface area contributed by atoms with E-state index >= 15 is 0 Å². The normalized spacial score (nSPS) is 25.4. The van der Waals surface area contributed by atoms with Gasteiger partial charge in [0.25, 0.3) is 0 Å². The van der Waals surface area contributed by atoms with Gasteiger partial charge in [-0.05, 0) is 30.0 Å². The highest BCUT2D eigenvalue weighted by molar-refractivity contribution is 7.90. The van der Waals surface area contributed by atoms with Gasteiger partial charge in [0, 0.05) is 74.2 Å². The molecule has 0 saturated carbocycles. The Morgan fingerprint density at radius 2 is 1.87 bits per heavy atom. The van der Waals surface area contributed by atoms with Gasteiger partial charge in [-0.15, -0.1) is 0 Å². The molecule has 1 aromatic heterocycles. The van der Waals surface area contributed by atoms with Gasteiger partial charge in [-0.25, -0.2) is 27.8 Å². The number of ether oxygens (including phenoxy) is 2. The first kappa shape index (κ1) is 26.7. The molecular formula is C27H34FN5O4S. The molecule has 1 aromatic carbocycles. The van der Waals surface area contributed by atoms with Crippen molar-refractivity contribution in [1.29, 1.82) is 0 Å². The monoisotopic (exact) mass is 543 g/mol. The molecular weight excluding hydrogens is 509 g/mol. The van der Waals surface area contributed by atoms with E-state index in [1.807, 2.05) is 19.4 Å². The summed E-state index contributed by atoms with van der Waals surface area (Å²) in [6.07, 6.45) is 9.79. The molecule has 0 radical (unpaired) electrons. The molecule has 0 spiro atoms. The molecule has 4 heterocycles. The minimum absolute atomic E-state index is 0.0534. The third-order valence-electron chi connectivity index (χ3n) is 7.45. The van der Waals surface area contributed by atoms with Crippen LogP contribution in [0.3, 0.4) is 0 Å². The highest BCUT2D eigenvalue weighted by Crippen LogP contribution is 2.35. The van der Waals surface area contributed by atoms with E-state index in [1.54, 1.807) is 17.3 Å². The van der Waals surface area contributed by atoms with Crippen molar-refractivity contribution in [3.8, 4) is 0 Å². The minimum atomic E-state index is -3.48. The Labute approximate surface area is 223 Å². The molecule has 2 saturated heterocycles. The Morgan fingerprint density at radius 3 is 2.47 bits per heavy atom. The van der Waals surface area contributed by atoms with E-state index < -0.39 is 22.0 Å². The predicted octanol–water partition coefficient (Wildman–Crippen LogP) is 3.03. The molecule has 2 bridgehead atoms. The molecule has 0 amide bonds. The van der Waals surface area contributed by atoms with Crippen molar-refractivity contribution in [3.63, 3.8) is 0 Å². The fraction of sp³-hybridized carbons (Fsp3) is 0.519. The van der Waals surface area contributed by atoms with Crippen LogP contribution >= 0.6 is 0 Å². The molecule has 2 fully saturated rings. The van der Waals surface area contributed by atoms with Crippen molar-refractivity contribution >= 4 is 27.6 Å². The lowest BCUT2D eigenvalue weighted by atomic mass is 9.77. The van der Waals surface area contributed by atoms with Crippen LogP contribution in [0.5, 0.6) is 0 Å². The van der Waals surface area contributed by atoms with Crippen molar-refractivity contribution in [2.45, 2.75) is 31.0 Å². The first-order chi connectivity index (χ1) is 18.2. The quantitative estimate of drug-likeness (QED) is 0.501. The molecule has 38 heavy (non-hydrogen) atoms. The van der Waals surface area contributed by atoms with Crippen molar-refractivity contribution in [2.75, 3.05) is 51.1 Å². The Morgan fingerprint density at radius 1 is 1.16 bits per heavy atom. The van der Waals surface area contributed by atoms with Crippen LogP contribution in [0.1, 0.15) is 24.5 Å². The highest BCUT2D eigenvalue weighted by atomic mass is 32.2. The second-order valence-electron chi connectivity index (χ2n) is 10.4. The number of piperidine rings is 1. The maximum atomic E-state index is 14.7. The Balaban J connectivity index is 1.20. The highest BCUT2D eigenvalue weighted by Gasteiger charge is 2.41. The van der Waals surface area contributed by atoms with Gasteiger partial charge in [0.05, 0.1) is 24.7 Å². The second-order valence-corrected chi connectivity index (χ2v) is 12.4. The number of nitrogens with zero attached hydrogens (tertiary/aromatic N) is 5. The van der Waals surface area contributed by atoms with Crippen LogP contribution in [-0.2, 0) is 25.7 Å². The van der Waals surface area contributed by atoms with E-state index in [4.69, 9.17) is 9.47 Å². The largest absolute Gasteiger partial charge is 0.381 e. The number of sulfone groups is 1. The fourth-order valence-corrected chi connectivity index (χ4v) is 6.04. The maximum absolute atomic E-state index is 14.7. The lowest BCUT2D eigenvalue weighted by molar-refractivity contribution is -0.102. The van der Waals surface area contributed by atoms with Gasteiger partial charge in [-0.1, -0.05) is 19.4 Å². The number of rotatable bonds is 8. The third-order valence-corrected chi connectivity index (χ3v) is 8.56. The van der Waals surface area contributed by atoms with E-state index in [9.17, 15) is 12.8 Å². The van der Waals surface area contributed by atoms with Crippen LogP contribution in [-0.4, -0.2) is 82.1 Å². The summed E-state index contributed by atoms with van der Waals surface area (Å²) in [7, 11) is -1.65. The molecule has 204 valence electrons. The summed E-state index contributed by atoms with van der Waals surface area (Å²) in [5.74, 6) is 1.09. The van der Waals surface area contributed by atoms with E-state index in [2.05, 4.69) is 26.8 Å². The van der Waals surface area contributed by atoms with Crippen LogP contribution in [0.2, 0.25) is 0 Å². The number of aromatic nitrogens is 2. The van der Waals surface area contributed by atoms with Crippen LogP contribution in [0.4, 0.5) is 10.3 Å². The van der Waals surface area contributed by atoms with Crippen molar-refractivity contribution in [1.82, 2.24) is 14.9 Å². The minimum Gasteiger partial charge on any atom is -0.381 e. The van der Waals surface area contributed by atoms with Gasteiger partial charge < -0.3 is 19.3 Å². The van der Waals surface area contributed by atoms with Crippen LogP contribution in [0.15, 0.2) is 46.7 Å². The summed E-state index contributed by atoms with van der Waals surface area (Å²) >= 11 is 0. The van der Waals surface area contributed by atoms with Gasteiger partial charge in [-0.3, -0.25) is 0 Å².